The minimum atomic E-state index is 0.0858. The quantitative estimate of drug-likeness (QED) is 0.522. The Labute approximate surface area is 133 Å². The highest BCUT2D eigenvalue weighted by molar-refractivity contribution is 7.99. The first-order valence-corrected chi connectivity index (χ1v) is 7.91. The maximum Gasteiger partial charge on any atom is 0.173 e. The molecule has 2 aromatic carbocycles. The Hall–Kier alpha value is -2.33. The number of ether oxygens (including phenoxy) is 1. The molecule has 0 fully saturated rings. The zero-order valence-electron chi connectivity index (χ0n) is 12.2. The molecule has 22 heavy (non-hydrogen) atoms. The van der Waals surface area contributed by atoms with Gasteiger partial charge in [0.2, 0.25) is 0 Å². The van der Waals surface area contributed by atoms with Crippen LogP contribution in [0.3, 0.4) is 0 Å². The number of rotatable bonds is 5. The minimum absolute atomic E-state index is 0.0858. The van der Waals surface area contributed by atoms with E-state index in [1.54, 1.807) is 31.4 Å². The molecule has 3 aromatic rings. The van der Waals surface area contributed by atoms with E-state index in [-0.39, 0.29) is 5.78 Å². The van der Waals surface area contributed by atoms with Crippen molar-refractivity contribution in [3.63, 3.8) is 0 Å². The average molecular weight is 309 g/mol. The maximum absolute atomic E-state index is 12.2. The Morgan fingerprint density at radius 1 is 1.05 bits per heavy atom. The molecule has 0 N–H and O–H groups in total. The van der Waals surface area contributed by atoms with E-state index in [1.165, 1.54) is 11.8 Å². The molecule has 0 aliphatic rings. The van der Waals surface area contributed by atoms with Crippen molar-refractivity contribution in [3.8, 4) is 5.75 Å². The summed E-state index contributed by atoms with van der Waals surface area (Å²) in [6.07, 6.45) is 0. The van der Waals surface area contributed by atoms with Crippen LogP contribution in [0.2, 0.25) is 0 Å². The van der Waals surface area contributed by atoms with E-state index >= 15 is 0 Å². The highest BCUT2D eigenvalue weighted by atomic mass is 32.2. The third-order valence-electron chi connectivity index (χ3n) is 3.34. The second kappa shape index (κ2) is 6.62. The van der Waals surface area contributed by atoms with E-state index in [4.69, 9.17) is 4.74 Å². The largest absolute Gasteiger partial charge is 0.497 e. The monoisotopic (exact) mass is 309 g/mol. The van der Waals surface area contributed by atoms with Gasteiger partial charge in [-0.3, -0.25) is 4.79 Å². The number of benzene rings is 2. The number of para-hydroxylation sites is 1. The number of carbonyl (C=O) groups is 1. The standard InChI is InChI=1S/C18H15NO2S/c1-21-15-9-6-14(7-10-15)17(20)12-22-18-11-8-13-4-2-3-5-16(13)19-18/h2-11H,12H2,1H3. The van der Waals surface area contributed by atoms with Crippen LogP contribution in [0.5, 0.6) is 5.75 Å². The van der Waals surface area contributed by atoms with Crippen molar-refractivity contribution in [1.82, 2.24) is 4.98 Å². The molecule has 3 rings (SSSR count). The molecule has 0 amide bonds. The number of methoxy groups -OCH3 is 1. The molecule has 0 aliphatic heterocycles. The van der Waals surface area contributed by atoms with Crippen molar-refractivity contribution in [2.45, 2.75) is 5.03 Å². The van der Waals surface area contributed by atoms with E-state index in [0.29, 0.717) is 11.3 Å². The van der Waals surface area contributed by atoms with E-state index < -0.39 is 0 Å². The van der Waals surface area contributed by atoms with Gasteiger partial charge >= 0.3 is 0 Å². The van der Waals surface area contributed by atoms with E-state index in [2.05, 4.69) is 4.98 Å². The molecule has 0 aliphatic carbocycles. The number of hydrogen-bond donors (Lipinski definition) is 0. The molecular formula is C18H15NO2S. The molecule has 0 bridgehead atoms. The fourth-order valence-electron chi connectivity index (χ4n) is 2.13. The van der Waals surface area contributed by atoms with E-state index in [1.807, 2.05) is 36.4 Å². The molecule has 1 aromatic heterocycles. The van der Waals surface area contributed by atoms with Crippen LogP contribution in [-0.4, -0.2) is 23.6 Å². The first-order chi connectivity index (χ1) is 10.8. The van der Waals surface area contributed by atoms with Crippen LogP contribution in [0.1, 0.15) is 10.4 Å². The van der Waals surface area contributed by atoms with Crippen LogP contribution in [0, 0.1) is 0 Å². The van der Waals surface area contributed by atoms with Crippen LogP contribution in [0.4, 0.5) is 0 Å². The number of ketones is 1. The van der Waals surface area contributed by atoms with Crippen molar-refractivity contribution in [2.24, 2.45) is 0 Å². The molecule has 0 radical (unpaired) electrons. The summed E-state index contributed by atoms with van der Waals surface area (Å²) in [5.74, 6) is 1.21. The summed E-state index contributed by atoms with van der Waals surface area (Å²) in [5.41, 5.74) is 1.64. The zero-order chi connectivity index (χ0) is 15.4. The molecule has 3 nitrogen and oxygen atoms in total. The lowest BCUT2D eigenvalue weighted by Gasteiger charge is -2.04. The molecule has 0 unspecified atom stereocenters. The van der Waals surface area contributed by atoms with Crippen molar-refractivity contribution in [1.29, 1.82) is 0 Å². The Morgan fingerprint density at radius 2 is 1.82 bits per heavy atom. The van der Waals surface area contributed by atoms with Gasteiger partial charge in [0, 0.05) is 10.9 Å². The molecule has 110 valence electrons. The fraction of sp³-hybridized carbons (Fsp3) is 0.111. The van der Waals surface area contributed by atoms with Gasteiger partial charge in [0.15, 0.2) is 5.78 Å². The predicted octanol–water partition coefficient (Wildman–Crippen LogP) is 4.22. The van der Waals surface area contributed by atoms with Crippen LogP contribution < -0.4 is 4.74 Å². The van der Waals surface area contributed by atoms with Crippen molar-refractivity contribution >= 4 is 28.4 Å². The number of Topliss-reactive ketones (excluding diaryl/α,β-unsaturated/α-hetero) is 1. The fourth-order valence-corrected chi connectivity index (χ4v) is 2.90. The molecule has 0 saturated heterocycles. The predicted molar refractivity (Wildman–Crippen MR) is 89.8 cm³/mol. The van der Waals surface area contributed by atoms with Crippen LogP contribution in [0.15, 0.2) is 65.7 Å². The molecule has 0 atom stereocenters. The first kappa shape index (κ1) is 14.6. The van der Waals surface area contributed by atoms with Gasteiger partial charge in [-0.1, -0.05) is 36.0 Å². The molecule has 0 spiro atoms. The van der Waals surface area contributed by atoms with Gasteiger partial charge in [-0.05, 0) is 36.4 Å². The number of nitrogens with zero attached hydrogens (tertiary/aromatic N) is 1. The highest BCUT2D eigenvalue weighted by Crippen LogP contribution is 2.21. The van der Waals surface area contributed by atoms with Crippen LogP contribution in [-0.2, 0) is 0 Å². The zero-order valence-corrected chi connectivity index (χ0v) is 13.0. The summed E-state index contributed by atoms with van der Waals surface area (Å²) in [5, 5.41) is 1.97. The summed E-state index contributed by atoms with van der Waals surface area (Å²) in [4.78, 5) is 16.8. The summed E-state index contributed by atoms with van der Waals surface area (Å²) < 4.78 is 5.09. The molecular weight excluding hydrogens is 294 g/mol. The normalized spacial score (nSPS) is 10.6. The lowest BCUT2D eigenvalue weighted by molar-refractivity contribution is 0.102. The number of fused-ring (bicyclic) bond motifs is 1. The van der Waals surface area contributed by atoms with Crippen LogP contribution in [0.25, 0.3) is 10.9 Å². The summed E-state index contributed by atoms with van der Waals surface area (Å²) >= 11 is 1.46. The van der Waals surface area contributed by atoms with Gasteiger partial charge < -0.3 is 4.74 Å². The van der Waals surface area contributed by atoms with Gasteiger partial charge in [-0.2, -0.15) is 0 Å². The smallest absolute Gasteiger partial charge is 0.173 e. The van der Waals surface area contributed by atoms with E-state index in [0.717, 1.165) is 21.7 Å². The van der Waals surface area contributed by atoms with Gasteiger partial charge in [-0.15, -0.1) is 0 Å². The maximum atomic E-state index is 12.2. The lowest BCUT2D eigenvalue weighted by atomic mass is 10.1. The summed E-state index contributed by atoms with van der Waals surface area (Å²) in [6.45, 7) is 0. The number of thioether (sulfide) groups is 1. The Bertz CT molecular complexity index is 800. The third kappa shape index (κ3) is 3.28. The Balaban J connectivity index is 1.68. The Morgan fingerprint density at radius 3 is 2.59 bits per heavy atom. The highest BCUT2D eigenvalue weighted by Gasteiger charge is 2.08. The molecule has 4 heteroatoms. The lowest BCUT2D eigenvalue weighted by Crippen LogP contribution is -2.02. The number of pyridine rings is 1. The van der Waals surface area contributed by atoms with Crippen molar-refractivity contribution in [3.05, 3.63) is 66.2 Å². The van der Waals surface area contributed by atoms with Gasteiger partial charge in [-0.25, -0.2) is 4.98 Å². The van der Waals surface area contributed by atoms with Crippen molar-refractivity contribution in [2.75, 3.05) is 12.9 Å². The number of carbonyl (C=O) groups excluding carboxylic acids is 1. The first-order valence-electron chi connectivity index (χ1n) is 6.92. The van der Waals surface area contributed by atoms with Crippen LogP contribution >= 0.6 is 11.8 Å². The number of hydrogen-bond acceptors (Lipinski definition) is 4. The van der Waals surface area contributed by atoms with Gasteiger partial charge in [0.05, 0.1) is 23.4 Å². The Kier molecular flexibility index (Phi) is 4.39. The molecule has 1 heterocycles. The minimum Gasteiger partial charge on any atom is -0.497 e. The second-order valence-corrected chi connectivity index (χ2v) is 5.78. The average Bonchev–Trinajstić information content (AvgIpc) is 2.59. The molecule has 0 saturated carbocycles. The second-order valence-electron chi connectivity index (χ2n) is 4.78. The van der Waals surface area contributed by atoms with Crippen molar-refractivity contribution < 1.29 is 9.53 Å². The summed E-state index contributed by atoms with van der Waals surface area (Å²) in [6, 6.07) is 19.1. The SMILES string of the molecule is COc1ccc(C(=O)CSc2ccc3ccccc3n2)cc1. The summed E-state index contributed by atoms with van der Waals surface area (Å²) in [7, 11) is 1.61. The van der Waals surface area contributed by atoms with Gasteiger partial charge in [0.1, 0.15) is 5.75 Å². The topological polar surface area (TPSA) is 39.2 Å². The van der Waals surface area contributed by atoms with E-state index in [9.17, 15) is 4.79 Å². The number of aromatic nitrogens is 1. The third-order valence-corrected chi connectivity index (χ3v) is 4.27. The van der Waals surface area contributed by atoms with Gasteiger partial charge in [0.25, 0.3) is 0 Å².